The van der Waals surface area contributed by atoms with Crippen LogP contribution in [0.1, 0.15) is 83.5 Å². The molecule has 0 nitrogen and oxygen atoms in total. The van der Waals surface area contributed by atoms with Crippen LogP contribution in [-0.4, -0.2) is 7.85 Å². The Bertz CT molecular complexity index is 119. The van der Waals surface area contributed by atoms with Gasteiger partial charge in [-0.3, -0.25) is 0 Å². The summed E-state index contributed by atoms with van der Waals surface area (Å²) in [5.74, 6) is 0.993. The molecule has 0 aromatic carbocycles. The number of hydrogen-bond donors (Lipinski definition) is 0. The largest absolute Gasteiger partial charge is 0.105 e. The third-order valence-corrected chi connectivity index (χ3v) is 3.89. The molecule has 1 heteroatoms. The summed E-state index contributed by atoms with van der Waals surface area (Å²) in [5.41, 5.74) is 0. The van der Waals surface area contributed by atoms with Gasteiger partial charge in [0.2, 0.25) is 0 Å². The molecule has 0 atom stereocenters. The monoisotopic (exact) mass is 208 g/mol. The average Bonchev–Trinajstić information content (AvgIpc) is 2.24. The Morgan fingerprint density at radius 1 is 0.467 bits per heavy atom. The van der Waals surface area contributed by atoms with Crippen LogP contribution in [0.15, 0.2) is 0 Å². The van der Waals surface area contributed by atoms with E-state index in [1.54, 1.807) is 0 Å². The summed E-state index contributed by atoms with van der Waals surface area (Å²) in [6.07, 6.45) is 19.4. The fourth-order valence-electron chi connectivity index (χ4n) is 2.72. The maximum atomic E-state index is 2.45. The normalized spacial score (nSPS) is 24.5. The van der Waals surface area contributed by atoms with Crippen LogP contribution in [0.3, 0.4) is 0 Å². The first-order valence-electron chi connectivity index (χ1n) is 7.39. The van der Waals surface area contributed by atoms with Crippen molar-refractivity contribution >= 4 is 7.85 Å². The smallest absolute Gasteiger partial charge is 0.0697 e. The zero-order valence-electron chi connectivity index (χ0n) is 10.8. The maximum Gasteiger partial charge on any atom is 0.105 e. The third kappa shape index (κ3) is 7.93. The predicted octanol–water partition coefficient (Wildman–Crippen LogP) is 4.49. The van der Waals surface area contributed by atoms with Gasteiger partial charge in [-0.25, -0.2) is 0 Å². The second-order valence-electron chi connectivity index (χ2n) is 5.57. The summed E-state index contributed by atoms with van der Waals surface area (Å²) >= 11 is 0. The van der Waals surface area contributed by atoms with Crippen molar-refractivity contribution in [3.8, 4) is 0 Å². The SMILES string of the molecule is BC1CCCCCCCCCCCCC1. The van der Waals surface area contributed by atoms with E-state index in [4.69, 9.17) is 0 Å². The first-order chi connectivity index (χ1) is 7.39. The van der Waals surface area contributed by atoms with Crippen molar-refractivity contribution in [2.75, 3.05) is 0 Å². The fraction of sp³-hybridized carbons (Fsp3) is 1.00. The van der Waals surface area contributed by atoms with Gasteiger partial charge in [0.1, 0.15) is 7.85 Å². The van der Waals surface area contributed by atoms with Crippen molar-refractivity contribution in [2.24, 2.45) is 0 Å². The van der Waals surface area contributed by atoms with Crippen molar-refractivity contribution in [1.29, 1.82) is 0 Å². The molecule has 0 unspecified atom stereocenters. The Balaban J connectivity index is 2.10. The van der Waals surface area contributed by atoms with Crippen LogP contribution in [0, 0.1) is 0 Å². The molecule has 0 heterocycles. The van der Waals surface area contributed by atoms with Crippen LogP contribution in [0.25, 0.3) is 0 Å². The van der Waals surface area contributed by atoms with E-state index < -0.39 is 0 Å². The molecule has 0 spiro atoms. The summed E-state index contributed by atoms with van der Waals surface area (Å²) in [6.45, 7) is 0. The molecule has 1 saturated carbocycles. The standard InChI is InChI=1S/C14H29B/c15-14-12-10-8-6-4-2-1-3-5-7-9-11-13-14/h14H,1-13,15H2. The van der Waals surface area contributed by atoms with Gasteiger partial charge >= 0.3 is 0 Å². The summed E-state index contributed by atoms with van der Waals surface area (Å²) in [4.78, 5) is 0. The van der Waals surface area contributed by atoms with Crippen LogP contribution in [-0.2, 0) is 0 Å². The lowest BCUT2D eigenvalue weighted by Gasteiger charge is -2.11. The first-order valence-corrected chi connectivity index (χ1v) is 7.39. The minimum Gasteiger partial charge on any atom is -0.0697 e. The minimum absolute atomic E-state index is 0.993. The van der Waals surface area contributed by atoms with E-state index in [0.717, 1.165) is 5.82 Å². The van der Waals surface area contributed by atoms with E-state index in [9.17, 15) is 0 Å². The highest BCUT2D eigenvalue weighted by Crippen LogP contribution is 2.21. The lowest BCUT2D eigenvalue weighted by atomic mass is 9.79. The van der Waals surface area contributed by atoms with Gasteiger partial charge in [0.25, 0.3) is 0 Å². The summed E-state index contributed by atoms with van der Waals surface area (Å²) in [7, 11) is 2.45. The zero-order chi connectivity index (χ0) is 10.8. The average molecular weight is 208 g/mol. The molecule has 0 N–H and O–H groups in total. The Hall–Kier alpha value is 0.0649. The molecule has 0 amide bonds. The Morgan fingerprint density at radius 3 is 1.07 bits per heavy atom. The molecule has 0 aromatic heterocycles. The lowest BCUT2D eigenvalue weighted by molar-refractivity contribution is 0.504. The number of rotatable bonds is 0. The molecule has 0 bridgehead atoms. The third-order valence-electron chi connectivity index (χ3n) is 3.89. The second-order valence-corrected chi connectivity index (χ2v) is 5.57. The highest BCUT2D eigenvalue weighted by Gasteiger charge is 2.03. The van der Waals surface area contributed by atoms with E-state index in [1.807, 2.05) is 0 Å². The zero-order valence-corrected chi connectivity index (χ0v) is 10.8. The van der Waals surface area contributed by atoms with Gasteiger partial charge in [0, 0.05) is 0 Å². The van der Waals surface area contributed by atoms with Crippen molar-refractivity contribution < 1.29 is 0 Å². The topological polar surface area (TPSA) is 0 Å². The van der Waals surface area contributed by atoms with E-state index in [0.29, 0.717) is 0 Å². The molecule has 0 aromatic rings. The van der Waals surface area contributed by atoms with Crippen LogP contribution in [0.5, 0.6) is 0 Å². The number of hydrogen-bond acceptors (Lipinski definition) is 0. The molecule has 1 rings (SSSR count). The minimum atomic E-state index is 0.993. The van der Waals surface area contributed by atoms with Crippen LogP contribution >= 0.6 is 0 Å². The Morgan fingerprint density at radius 2 is 0.733 bits per heavy atom. The molecule has 0 radical (unpaired) electrons. The van der Waals surface area contributed by atoms with Gasteiger partial charge in [0.15, 0.2) is 0 Å². The van der Waals surface area contributed by atoms with Gasteiger partial charge in [0.05, 0.1) is 0 Å². The van der Waals surface area contributed by atoms with E-state index in [-0.39, 0.29) is 0 Å². The highest BCUT2D eigenvalue weighted by atomic mass is 14.1. The maximum absolute atomic E-state index is 2.45. The van der Waals surface area contributed by atoms with Crippen molar-refractivity contribution in [2.45, 2.75) is 89.3 Å². The Kier molecular flexibility index (Phi) is 8.14. The van der Waals surface area contributed by atoms with Crippen molar-refractivity contribution in [3.63, 3.8) is 0 Å². The van der Waals surface area contributed by atoms with Gasteiger partial charge < -0.3 is 0 Å². The van der Waals surface area contributed by atoms with E-state index in [2.05, 4.69) is 7.85 Å². The molecule has 1 aliphatic carbocycles. The second kappa shape index (κ2) is 9.30. The first kappa shape index (κ1) is 13.1. The molecule has 88 valence electrons. The van der Waals surface area contributed by atoms with Gasteiger partial charge in [-0.2, -0.15) is 0 Å². The van der Waals surface area contributed by atoms with Crippen molar-refractivity contribution in [3.05, 3.63) is 0 Å². The molecule has 1 fully saturated rings. The summed E-state index contributed by atoms with van der Waals surface area (Å²) < 4.78 is 0. The van der Waals surface area contributed by atoms with Gasteiger partial charge in [-0.1, -0.05) is 89.3 Å². The van der Waals surface area contributed by atoms with Crippen LogP contribution in [0.2, 0.25) is 5.82 Å². The fourth-order valence-corrected chi connectivity index (χ4v) is 2.72. The van der Waals surface area contributed by atoms with Gasteiger partial charge in [-0.05, 0) is 0 Å². The molecule has 1 aliphatic rings. The van der Waals surface area contributed by atoms with E-state index in [1.165, 1.54) is 83.5 Å². The lowest BCUT2D eigenvalue weighted by Crippen LogP contribution is -1.94. The highest BCUT2D eigenvalue weighted by molar-refractivity contribution is 6.11. The predicted molar refractivity (Wildman–Crippen MR) is 72.3 cm³/mol. The van der Waals surface area contributed by atoms with Crippen molar-refractivity contribution in [1.82, 2.24) is 0 Å². The summed E-state index contributed by atoms with van der Waals surface area (Å²) in [6, 6.07) is 0. The molecular formula is C14H29B. The molecule has 15 heavy (non-hydrogen) atoms. The van der Waals surface area contributed by atoms with E-state index >= 15 is 0 Å². The van der Waals surface area contributed by atoms with Crippen LogP contribution < -0.4 is 0 Å². The summed E-state index contributed by atoms with van der Waals surface area (Å²) in [5, 5.41) is 0. The molecular weight excluding hydrogens is 179 g/mol. The quantitative estimate of drug-likeness (QED) is 0.514. The Labute approximate surface area is 97.6 Å². The molecule has 0 saturated heterocycles. The van der Waals surface area contributed by atoms with Gasteiger partial charge in [-0.15, -0.1) is 0 Å². The van der Waals surface area contributed by atoms with Crippen LogP contribution in [0.4, 0.5) is 0 Å². The molecule has 0 aliphatic heterocycles.